The minimum Gasteiger partial charge on any atom is -0.319 e. The van der Waals surface area contributed by atoms with Crippen LogP contribution >= 0.6 is 0 Å². The van der Waals surface area contributed by atoms with Gasteiger partial charge in [0.2, 0.25) is 0 Å². The van der Waals surface area contributed by atoms with Gasteiger partial charge in [-0.15, -0.1) is 0 Å². The number of hydrogen-bond acceptors (Lipinski definition) is 2. The number of likely N-dealkylation sites (N-methyl/N-ethyl adjacent to an activating group) is 1. The SMILES string of the molecule is CCCC(C)N(C)Cc1ccc(C(C)CNC)cc1. The zero-order chi connectivity index (χ0) is 14.3. The third-order valence-electron chi connectivity index (χ3n) is 3.95. The van der Waals surface area contributed by atoms with Gasteiger partial charge >= 0.3 is 0 Å². The molecule has 0 heterocycles. The van der Waals surface area contributed by atoms with Crippen molar-refractivity contribution in [2.24, 2.45) is 0 Å². The Morgan fingerprint density at radius 2 is 1.79 bits per heavy atom. The number of hydrogen-bond donors (Lipinski definition) is 1. The van der Waals surface area contributed by atoms with Gasteiger partial charge in [-0.05, 0) is 44.5 Å². The Kier molecular flexibility index (Phi) is 7.11. The van der Waals surface area contributed by atoms with Crippen molar-refractivity contribution in [1.29, 1.82) is 0 Å². The largest absolute Gasteiger partial charge is 0.319 e. The number of benzene rings is 1. The molecule has 0 fully saturated rings. The van der Waals surface area contributed by atoms with Crippen molar-refractivity contribution in [1.82, 2.24) is 10.2 Å². The average molecular weight is 262 g/mol. The summed E-state index contributed by atoms with van der Waals surface area (Å²) >= 11 is 0. The van der Waals surface area contributed by atoms with Crippen molar-refractivity contribution in [3.63, 3.8) is 0 Å². The molecule has 1 aromatic carbocycles. The maximum absolute atomic E-state index is 3.23. The van der Waals surface area contributed by atoms with Crippen LogP contribution in [0.3, 0.4) is 0 Å². The molecule has 2 unspecified atom stereocenters. The van der Waals surface area contributed by atoms with E-state index in [-0.39, 0.29) is 0 Å². The Bertz CT molecular complexity index is 345. The van der Waals surface area contributed by atoms with E-state index in [2.05, 4.69) is 62.3 Å². The summed E-state index contributed by atoms with van der Waals surface area (Å²) in [5.41, 5.74) is 2.83. The van der Waals surface area contributed by atoms with E-state index in [1.165, 1.54) is 24.0 Å². The number of nitrogens with zero attached hydrogens (tertiary/aromatic N) is 1. The summed E-state index contributed by atoms with van der Waals surface area (Å²) in [5.74, 6) is 0.579. The number of nitrogens with one attached hydrogen (secondary N) is 1. The molecule has 0 aliphatic heterocycles. The van der Waals surface area contributed by atoms with Gasteiger partial charge in [-0.3, -0.25) is 4.90 Å². The van der Waals surface area contributed by atoms with Crippen molar-refractivity contribution in [3.8, 4) is 0 Å². The van der Waals surface area contributed by atoms with E-state index in [0.717, 1.165) is 13.1 Å². The highest BCUT2D eigenvalue weighted by atomic mass is 15.1. The Labute approximate surface area is 119 Å². The van der Waals surface area contributed by atoms with Gasteiger partial charge in [-0.25, -0.2) is 0 Å². The monoisotopic (exact) mass is 262 g/mol. The molecule has 0 aliphatic rings. The average Bonchev–Trinajstić information content (AvgIpc) is 2.40. The number of rotatable bonds is 8. The lowest BCUT2D eigenvalue weighted by Gasteiger charge is -2.24. The second-order valence-electron chi connectivity index (χ2n) is 5.75. The van der Waals surface area contributed by atoms with Gasteiger partial charge in [-0.1, -0.05) is 44.5 Å². The maximum atomic E-state index is 3.23. The Hall–Kier alpha value is -0.860. The van der Waals surface area contributed by atoms with Crippen molar-refractivity contribution >= 4 is 0 Å². The summed E-state index contributed by atoms with van der Waals surface area (Å²) < 4.78 is 0. The summed E-state index contributed by atoms with van der Waals surface area (Å²) in [6.45, 7) is 8.91. The third-order valence-corrected chi connectivity index (χ3v) is 3.95. The molecule has 0 saturated heterocycles. The first-order valence-corrected chi connectivity index (χ1v) is 7.52. The van der Waals surface area contributed by atoms with Gasteiger partial charge < -0.3 is 5.32 Å². The van der Waals surface area contributed by atoms with E-state index in [1.54, 1.807) is 0 Å². The molecule has 0 aromatic heterocycles. The van der Waals surface area contributed by atoms with Crippen LogP contribution in [0.2, 0.25) is 0 Å². The fourth-order valence-corrected chi connectivity index (χ4v) is 2.46. The van der Waals surface area contributed by atoms with E-state index in [0.29, 0.717) is 12.0 Å². The van der Waals surface area contributed by atoms with E-state index >= 15 is 0 Å². The van der Waals surface area contributed by atoms with Crippen LogP contribution in [0.15, 0.2) is 24.3 Å². The maximum Gasteiger partial charge on any atom is 0.0233 e. The van der Waals surface area contributed by atoms with E-state index in [1.807, 2.05) is 7.05 Å². The van der Waals surface area contributed by atoms with E-state index in [4.69, 9.17) is 0 Å². The molecule has 0 aliphatic carbocycles. The van der Waals surface area contributed by atoms with Crippen molar-refractivity contribution in [2.75, 3.05) is 20.6 Å². The summed E-state index contributed by atoms with van der Waals surface area (Å²) in [6, 6.07) is 9.76. The fourth-order valence-electron chi connectivity index (χ4n) is 2.46. The molecule has 108 valence electrons. The molecule has 1 rings (SSSR count). The molecule has 2 nitrogen and oxygen atoms in total. The van der Waals surface area contributed by atoms with Crippen molar-refractivity contribution in [3.05, 3.63) is 35.4 Å². The smallest absolute Gasteiger partial charge is 0.0233 e. The second kappa shape index (κ2) is 8.34. The lowest BCUT2D eigenvalue weighted by Crippen LogP contribution is -2.28. The van der Waals surface area contributed by atoms with Gasteiger partial charge in [0.05, 0.1) is 0 Å². The summed E-state index contributed by atoms with van der Waals surface area (Å²) in [7, 11) is 4.23. The molecule has 0 saturated carbocycles. The Balaban J connectivity index is 2.56. The molecule has 2 heteroatoms. The Morgan fingerprint density at radius 1 is 1.16 bits per heavy atom. The van der Waals surface area contributed by atoms with Gasteiger partial charge in [0.1, 0.15) is 0 Å². The standard InChI is InChI=1S/C17H30N2/c1-6-7-15(3)19(5)13-16-8-10-17(11-9-16)14(2)12-18-4/h8-11,14-15,18H,6-7,12-13H2,1-5H3. The van der Waals surface area contributed by atoms with Crippen LogP contribution in [0, 0.1) is 0 Å². The fraction of sp³-hybridized carbons (Fsp3) is 0.647. The lowest BCUT2D eigenvalue weighted by molar-refractivity contribution is 0.237. The predicted octanol–water partition coefficient (Wildman–Crippen LogP) is 3.63. The molecular weight excluding hydrogens is 232 g/mol. The van der Waals surface area contributed by atoms with E-state index in [9.17, 15) is 0 Å². The molecule has 1 aromatic rings. The van der Waals surface area contributed by atoms with Gasteiger partial charge in [0, 0.05) is 19.1 Å². The minimum atomic E-state index is 0.579. The van der Waals surface area contributed by atoms with Crippen LogP contribution in [0.1, 0.15) is 50.7 Å². The first-order valence-electron chi connectivity index (χ1n) is 7.52. The van der Waals surface area contributed by atoms with Crippen LogP contribution < -0.4 is 5.32 Å². The predicted molar refractivity (Wildman–Crippen MR) is 84.6 cm³/mol. The quantitative estimate of drug-likeness (QED) is 0.769. The topological polar surface area (TPSA) is 15.3 Å². The zero-order valence-corrected chi connectivity index (χ0v) is 13.2. The van der Waals surface area contributed by atoms with Crippen LogP contribution in [0.4, 0.5) is 0 Å². The minimum absolute atomic E-state index is 0.579. The lowest BCUT2D eigenvalue weighted by atomic mass is 9.99. The molecule has 0 bridgehead atoms. The highest BCUT2D eigenvalue weighted by Gasteiger charge is 2.09. The van der Waals surface area contributed by atoms with Crippen molar-refractivity contribution < 1.29 is 0 Å². The highest BCUT2D eigenvalue weighted by molar-refractivity contribution is 5.25. The van der Waals surface area contributed by atoms with Gasteiger partial charge in [0.15, 0.2) is 0 Å². The van der Waals surface area contributed by atoms with Crippen LogP contribution in [0.25, 0.3) is 0 Å². The van der Waals surface area contributed by atoms with Crippen molar-refractivity contribution in [2.45, 2.75) is 52.1 Å². The summed E-state index contributed by atoms with van der Waals surface area (Å²) in [5, 5.41) is 3.23. The second-order valence-corrected chi connectivity index (χ2v) is 5.75. The van der Waals surface area contributed by atoms with Gasteiger partial charge in [-0.2, -0.15) is 0 Å². The third kappa shape index (κ3) is 5.33. The molecule has 2 atom stereocenters. The normalized spacial score (nSPS) is 14.6. The molecule has 0 amide bonds. The zero-order valence-electron chi connectivity index (χ0n) is 13.2. The molecular formula is C17H30N2. The molecule has 19 heavy (non-hydrogen) atoms. The van der Waals surface area contributed by atoms with Crippen LogP contribution in [-0.4, -0.2) is 31.6 Å². The summed E-state index contributed by atoms with van der Waals surface area (Å²) in [4.78, 5) is 2.44. The van der Waals surface area contributed by atoms with Crippen LogP contribution in [-0.2, 0) is 6.54 Å². The molecule has 1 N–H and O–H groups in total. The summed E-state index contributed by atoms with van der Waals surface area (Å²) in [6.07, 6.45) is 2.53. The molecule has 0 spiro atoms. The molecule has 0 radical (unpaired) electrons. The highest BCUT2D eigenvalue weighted by Crippen LogP contribution is 2.16. The van der Waals surface area contributed by atoms with Gasteiger partial charge in [0.25, 0.3) is 0 Å². The first-order chi connectivity index (χ1) is 9.08. The van der Waals surface area contributed by atoms with E-state index < -0.39 is 0 Å². The Morgan fingerprint density at radius 3 is 2.32 bits per heavy atom. The first kappa shape index (κ1) is 16.2. The van der Waals surface area contributed by atoms with Crippen LogP contribution in [0.5, 0.6) is 0 Å².